The van der Waals surface area contributed by atoms with Gasteiger partial charge in [-0.25, -0.2) is 8.78 Å². The predicted octanol–water partition coefficient (Wildman–Crippen LogP) is 5.27. The van der Waals surface area contributed by atoms with Crippen molar-refractivity contribution >= 4 is 5.84 Å². The number of alkyl halides is 3. The number of aromatic nitrogens is 1. The summed E-state index contributed by atoms with van der Waals surface area (Å²) in [6, 6.07) is 4.86. The predicted molar refractivity (Wildman–Crippen MR) is 109 cm³/mol. The van der Waals surface area contributed by atoms with Gasteiger partial charge in [0, 0.05) is 25.2 Å². The van der Waals surface area contributed by atoms with Crippen molar-refractivity contribution in [3.05, 3.63) is 64.3 Å². The van der Waals surface area contributed by atoms with E-state index in [4.69, 9.17) is 10.8 Å². The van der Waals surface area contributed by atoms with E-state index in [9.17, 15) is 22.0 Å². The molecule has 2 fully saturated rings. The summed E-state index contributed by atoms with van der Waals surface area (Å²) in [4.78, 5) is 1.86. The number of rotatable bonds is 5. The highest BCUT2D eigenvalue weighted by Crippen LogP contribution is 2.34. The zero-order valence-corrected chi connectivity index (χ0v) is 17.5. The fourth-order valence-electron chi connectivity index (χ4n) is 4.44. The number of pyridine rings is 1. The van der Waals surface area contributed by atoms with Crippen molar-refractivity contribution in [3.63, 3.8) is 0 Å². The molecular formula is C23H25F5N4. The van der Waals surface area contributed by atoms with Gasteiger partial charge in [0.05, 0.1) is 0 Å². The Morgan fingerprint density at radius 3 is 2.31 bits per heavy atom. The molecule has 172 valence electrons. The molecule has 4 nitrogen and oxygen atoms in total. The molecule has 0 bridgehead atoms. The largest absolute Gasteiger partial charge is 0.420 e. The Bertz CT molecular complexity index is 1060. The molecular weight excluding hydrogens is 427 g/mol. The summed E-state index contributed by atoms with van der Waals surface area (Å²) in [6.45, 7) is 0.965. The summed E-state index contributed by atoms with van der Waals surface area (Å²) in [5.41, 5.74) is -1.27. The van der Waals surface area contributed by atoms with Crippen molar-refractivity contribution in [1.82, 2.24) is 9.47 Å². The molecule has 0 unspecified atom stereocenters. The topological polar surface area (TPSA) is 55.9 Å². The lowest BCUT2D eigenvalue weighted by molar-refractivity contribution is -0.140. The molecule has 1 aromatic heterocycles. The standard InChI is InChI=1S/C23H25F5N4/c24-17-3-4-18(19(25)12-17)15-5-8-31(9-6-15)13-16-7-10-32(20(29)11-14-1-2-14)22(30)21(16)23(26,27)28/h3-4,7,10,12,14-15,29-30H,1-2,5-6,8-9,11,13H2. The van der Waals surface area contributed by atoms with Crippen molar-refractivity contribution in [2.75, 3.05) is 13.1 Å². The second-order valence-corrected chi connectivity index (χ2v) is 8.74. The minimum absolute atomic E-state index is 0.00406. The monoisotopic (exact) mass is 452 g/mol. The van der Waals surface area contributed by atoms with Crippen LogP contribution in [0.4, 0.5) is 22.0 Å². The minimum Gasteiger partial charge on any atom is -0.299 e. The van der Waals surface area contributed by atoms with Crippen LogP contribution in [-0.4, -0.2) is 28.4 Å². The maximum Gasteiger partial charge on any atom is 0.420 e. The zero-order valence-electron chi connectivity index (χ0n) is 17.5. The Balaban J connectivity index is 1.50. The van der Waals surface area contributed by atoms with Crippen LogP contribution in [0, 0.1) is 28.4 Å². The van der Waals surface area contributed by atoms with E-state index in [1.165, 1.54) is 24.4 Å². The molecule has 0 radical (unpaired) electrons. The Labute approximate surface area is 182 Å². The van der Waals surface area contributed by atoms with Crippen LogP contribution in [0.3, 0.4) is 0 Å². The number of benzene rings is 1. The van der Waals surface area contributed by atoms with E-state index in [0.29, 0.717) is 43.8 Å². The Kier molecular flexibility index (Phi) is 6.20. The molecule has 0 atom stereocenters. The van der Waals surface area contributed by atoms with E-state index < -0.39 is 28.9 Å². The van der Waals surface area contributed by atoms with Gasteiger partial charge in [-0.2, -0.15) is 13.2 Å². The molecule has 1 saturated carbocycles. The summed E-state index contributed by atoms with van der Waals surface area (Å²) in [5, 5.41) is 16.3. The van der Waals surface area contributed by atoms with Crippen LogP contribution in [-0.2, 0) is 12.7 Å². The lowest BCUT2D eigenvalue weighted by Crippen LogP contribution is -2.37. The highest BCUT2D eigenvalue weighted by Gasteiger charge is 2.37. The van der Waals surface area contributed by atoms with Gasteiger partial charge in [0.1, 0.15) is 28.5 Å². The van der Waals surface area contributed by atoms with Gasteiger partial charge in [0.2, 0.25) is 0 Å². The van der Waals surface area contributed by atoms with Crippen LogP contribution in [0.25, 0.3) is 0 Å². The maximum atomic E-state index is 14.1. The van der Waals surface area contributed by atoms with Crippen LogP contribution in [0.15, 0.2) is 30.5 Å². The first-order chi connectivity index (χ1) is 15.1. The third-order valence-electron chi connectivity index (χ3n) is 6.36. The second-order valence-electron chi connectivity index (χ2n) is 8.74. The lowest BCUT2D eigenvalue weighted by Gasteiger charge is -2.33. The Morgan fingerprint density at radius 2 is 1.72 bits per heavy atom. The molecule has 2 aliphatic rings. The molecule has 4 rings (SSSR count). The fraction of sp³-hybridized carbons (Fsp3) is 0.478. The quantitative estimate of drug-likeness (QED) is 0.363. The smallest absolute Gasteiger partial charge is 0.299 e. The van der Waals surface area contributed by atoms with E-state index >= 15 is 0 Å². The number of nitrogens with zero attached hydrogens (tertiary/aromatic N) is 2. The Hall–Kier alpha value is -2.55. The summed E-state index contributed by atoms with van der Waals surface area (Å²) < 4.78 is 69.8. The zero-order chi connectivity index (χ0) is 23.0. The van der Waals surface area contributed by atoms with Crippen LogP contribution < -0.4 is 5.49 Å². The number of nitrogens with one attached hydrogen (secondary N) is 2. The van der Waals surface area contributed by atoms with Gasteiger partial charge in [-0.15, -0.1) is 0 Å². The number of likely N-dealkylation sites (tertiary alicyclic amines) is 1. The molecule has 2 N–H and O–H groups in total. The minimum atomic E-state index is -4.70. The van der Waals surface area contributed by atoms with Crippen molar-refractivity contribution < 1.29 is 22.0 Å². The molecule has 1 aromatic carbocycles. The van der Waals surface area contributed by atoms with Crippen molar-refractivity contribution in [2.45, 2.75) is 50.7 Å². The van der Waals surface area contributed by atoms with Gasteiger partial charge in [-0.3, -0.25) is 20.3 Å². The highest BCUT2D eigenvalue weighted by molar-refractivity contribution is 5.81. The van der Waals surface area contributed by atoms with Crippen LogP contribution in [0.1, 0.15) is 54.7 Å². The third kappa shape index (κ3) is 4.92. The van der Waals surface area contributed by atoms with Gasteiger partial charge in [-0.05, 0) is 73.9 Å². The second kappa shape index (κ2) is 8.77. The van der Waals surface area contributed by atoms with Crippen molar-refractivity contribution in [3.8, 4) is 0 Å². The van der Waals surface area contributed by atoms with Gasteiger partial charge >= 0.3 is 6.18 Å². The number of piperidine rings is 1. The molecule has 2 heterocycles. The molecule has 1 aliphatic heterocycles. The van der Waals surface area contributed by atoms with E-state index in [1.54, 1.807) is 0 Å². The van der Waals surface area contributed by atoms with E-state index in [2.05, 4.69) is 0 Å². The molecule has 1 saturated heterocycles. The first-order valence-electron chi connectivity index (χ1n) is 10.7. The molecule has 0 spiro atoms. The summed E-state index contributed by atoms with van der Waals surface area (Å²) in [7, 11) is 0. The molecule has 9 heteroatoms. The average Bonchev–Trinajstić information content (AvgIpc) is 3.52. The van der Waals surface area contributed by atoms with Crippen LogP contribution >= 0.6 is 0 Å². The van der Waals surface area contributed by atoms with Crippen LogP contribution in [0.2, 0.25) is 0 Å². The molecule has 32 heavy (non-hydrogen) atoms. The van der Waals surface area contributed by atoms with E-state index in [1.807, 2.05) is 4.90 Å². The SMILES string of the molecule is N=C(CC1CC1)n1ccc(CN2CCC(c3ccc(F)cc3F)CC2)c(C(F)(F)F)c1=N. The number of hydrogen-bond donors (Lipinski definition) is 2. The lowest BCUT2D eigenvalue weighted by atomic mass is 9.89. The normalized spacial score (nSPS) is 18.2. The fourth-order valence-corrected chi connectivity index (χ4v) is 4.44. The van der Waals surface area contributed by atoms with Crippen molar-refractivity contribution in [2.24, 2.45) is 5.92 Å². The van der Waals surface area contributed by atoms with Gasteiger partial charge < -0.3 is 0 Å². The first kappa shape index (κ1) is 22.6. The molecule has 1 aliphatic carbocycles. The molecule has 0 amide bonds. The highest BCUT2D eigenvalue weighted by atomic mass is 19.4. The van der Waals surface area contributed by atoms with Crippen LogP contribution in [0.5, 0.6) is 0 Å². The van der Waals surface area contributed by atoms with Crippen molar-refractivity contribution in [1.29, 1.82) is 10.8 Å². The Morgan fingerprint density at radius 1 is 1.03 bits per heavy atom. The average molecular weight is 452 g/mol. The summed E-state index contributed by atoms with van der Waals surface area (Å²) >= 11 is 0. The third-order valence-corrected chi connectivity index (χ3v) is 6.36. The van der Waals surface area contributed by atoms with Gasteiger partial charge in [0.25, 0.3) is 0 Å². The number of hydrogen-bond acceptors (Lipinski definition) is 3. The maximum absolute atomic E-state index is 14.1. The van der Waals surface area contributed by atoms with Gasteiger partial charge in [-0.1, -0.05) is 6.07 Å². The van der Waals surface area contributed by atoms with E-state index in [0.717, 1.165) is 23.5 Å². The first-order valence-corrected chi connectivity index (χ1v) is 10.7. The summed E-state index contributed by atoms with van der Waals surface area (Å²) in [5.74, 6) is -1.00. The van der Waals surface area contributed by atoms with E-state index in [-0.39, 0.29) is 23.9 Å². The van der Waals surface area contributed by atoms with Gasteiger partial charge in [0.15, 0.2) is 0 Å². The summed E-state index contributed by atoms with van der Waals surface area (Å²) in [6.07, 6.45) is 0.104. The molecule has 2 aromatic rings. The number of halogens is 5.